The molecule has 0 radical (unpaired) electrons. The first-order chi connectivity index (χ1) is 14.0. The third-order valence-electron chi connectivity index (χ3n) is 4.86. The van der Waals surface area contributed by atoms with E-state index in [4.69, 9.17) is 23.7 Å². The summed E-state index contributed by atoms with van der Waals surface area (Å²) in [5.74, 6) is 0.0595. The Kier molecular flexibility index (Phi) is 5.61. The third kappa shape index (κ3) is 4.31. The van der Waals surface area contributed by atoms with Crippen LogP contribution in [-0.2, 0) is 36.9 Å². The van der Waals surface area contributed by atoms with Gasteiger partial charge >= 0.3 is 0 Å². The molecule has 2 heterocycles. The smallest absolute Gasteiger partial charge is 0.225 e. The zero-order chi connectivity index (χ0) is 20.3. The van der Waals surface area contributed by atoms with E-state index in [1.165, 1.54) is 0 Å². The summed E-state index contributed by atoms with van der Waals surface area (Å²) in [5, 5.41) is 10.2. The molecule has 0 aliphatic carbocycles. The minimum absolute atomic E-state index is 0.107. The van der Waals surface area contributed by atoms with Gasteiger partial charge in [0, 0.05) is 13.8 Å². The van der Waals surface area contributed by atoms with Gasteiger partial charge in [-0.1, -0.05) is 60.7 Å². The van der Waals surface area contributed by atoms with Gasteiger partial charge in [0.1, 0.15) is 6.61 Å². The second kappa shape index (κ2) is 8.16. The van der Waals surface area contributed by atoms with E-state index in [-0.39, 0.29) is 13.2 Å². The maximum absolute atomic E-state index is 10.2. The molecule has 0 bridgehead atoms. The van der Waals surface area contributed by atoms with Gasteiger partial charge in [0.15, 0.2) is 17.1 Å². The van der Waals surface area contributed by atoms with Gasteiger partial charge in [-0.3, -0.25) is 0 Å². The standard InChI is InChI=1S/C23H26O6/c1-22(2)27-19-20(26-14-18-11-7-4-8-12-18)23(15-24,29-21(19)28-22)16-25-13-17-9-5-3-6-10-17/h3-12,21,24H,13-16H2,1-2H3/t21-,23+/m0/s1. The van der Waals surface area contributed by atoms with E-state index in [1.54, 1.807) is 0 Å². The molecule has 2 aromatic carbocycles. The van der Waals surface area contributed by atoms with E-state index >= 15 is 0 Å². The summed E-state index contributed by atoms with van der Waals surface area (Å²) in [5.41, 5.74) is 0.853. The molecule has 29 heavy (non-hydrogen) atoms. The molecule has 1 N–H and O–H groups in total. The molecule has 0 aromatic heterocycles. The van der Waals surface area contributed by atoms with Crippen molar-refractivity contribution >= 4 is 0 Å². The van der Waals surface area contributed by atoms with Gasteiger partial charge in [-0.05, 0) is 11.1 Å². The molecule has 4 rings (SSSR count). The first-order valence-electron chi connectivity index (χ1n) is 9.70. The monoisotopic (exact) mass is 398 g/mol. The van der Waals surface area contributed by atoms with Crippen molar-refractivity contribution in [1.29, 1.82) is 0 Å². The Labute approximate surface area is 170 Å². The van der Waals surface area contributed by atoms with Crippen LogP contribution < -0.4 is 0 Å². The topological polar surface area (TPSA) is 66.4 Å². The Morgan fingerprint density at radius 1 is 0.897 bits per heavy atom. The summed E-state index contributed by atoms with van der Waals surface area (Å²) in [6.45, 7) is 4.12. The van der Waals surface area contributed by atoms with Crippen LogP contribution in [0.25, 0.3) is 0 Å². The number of benzene rings is 2. The van der Waals surface area contributed by atoms with Crippen LogP contribution in [0.2, 0.25) is 0 Å². The van der Waals surface area contributed by atoms with E-state index in [0.29, 0.717) is 24.7 Å². The van der Waals surface area contributed by atoms with Gasteiger partial charge in [-0.2, -0.15) is 0 Å². The molecule has 0 amide bonds. The molecule has 6 heteroatoms. The molecule has 0 saturated carbocycles. The molecule has 1 saturated heterocycles. The fraction of sp³-hybridized carbons (Fsp3) is 0.391. The maximum atomic E-state index is 10.2. The van der Waals surface area contributed by atoms with Crippen molar-refractivity contribution in [1.82, 2.24) is 0 Å². The summed E-state index contributed by atoms with van der Waals surface area (Å²) in [6.07, 6.45) is -0.733. The number of aliphatic hydroxyl groups is 1. The first kappa shape index (κ1) is 19.9. The fourth-order valence-electron chi connectivity index (χ4n) is 3.46. The van der Waals surface area contributed by atoms with Crippen molar-refractivity contribution in [2.75, 3.05) is 13.2 Å². The van der Waals surface area contributed by atoms with Gasteiger partial charge in [0.05, 0.1) is 19.8 Å². The predicted octanol–water partition coefficient (Wildman–Crippen LogP) is 3.50. The van der Waals surface area contributed by atoms with Crippen molar-refractivity contribution in [3.05, 3.63) is 83.3 Å². The molecule has 154 valence electrons. The number of ether oxygens (including phenoxy) is 5. The average molecular weight is 398 g/mol. The minimum Gasteiger partial charge on any atom is -0.486 e. The van der Waals surface area contributed by atoms with Crippen LogP contribution in [0.5, 0.6) is 0 Å². The predicted molar refractivity (Wildman–Crippen MR) is 105 cm³/mol. The highest BCUT2D eigenvalue weighted by atomic mass is 16.8. The van der Waals surface area contributed by atoms with Crippen LogP contribution in [0, 0.1) is 0 Å². The number of fused-ring (bicyclic) bond motifs is 1. The zero-order valence-electron chi connectivity index (χ0n) is 16.7. The first-order valence-corrected chi connectivity index (χ1v) is 9.70. The Morgan fingerprint density at radius 2 is 1.52 bits per heavy atom. The van der Waals surface area contributed by atoms with E-state index < -0.39 is 17.7 Å². The van der Waals surface area contributed by atoms with Crippen LogP contribution in [0.15, 0.2) is 72.2 Å². The fourth-order valence-corrected chi connectivity index (χ4v) is 3.46. The normalized spacial score (nSPS) is 25.0. The lowest BCUT2D eigenvalue weighted by Crippen LogP contribution is -2.44. The second-order valence-corrected chi connectivity index (χ2v) is 7.67. The quantitative estimate of drug-likeness (QED) is 0.734. The molecule has 0 spiro atoms. The summed E-state index contributed by atoms with van der Waals surface area (Å²) in [7, 11) is 0. The summed E-state index contributed by atoms with van der Waals surface area (Å²) < 4.78 is 29.8. The van der Waals surface area contributed by atoms with Crippen molar-refractivity contribution in [2.24, 2.45) is 0 Å². The van der Waals surface area contributed by atoms with Crippen LogP contribution in [0.4, 0.5) is 0 Å². The molecule has 2 aromatic rings. The van der Waals surface area contributed by atoms with Crippen LogP contribution in [0.1, 0.15) is 25.0 Å². The van der Waals surface area contributed by atoms with Crippen LogP contribution in [0.3, 0.4) is 0 Å². The molecule has 6 nitrogen and oxygen atoms in total. The molecular weight excluding hydrogens is 372 g/mol. The van der Waals surface area contributed by atoms with Gasteiger partial charge in [-0.15, -0.1) is 0 Å². The molecule has 2 aliphatic heterocycles. The van der Waals surface area contributed by atoms with Gasteiger partial charge in [0.2, 0.25) is 12.1 Å². The van der Waals surface area contributed by atoms with Gasteiger partial charge in [0.25, 0.3) is 0 Å². The van der Waals surface area contributed by atoms with E-state index in [1.807, 2.05) is 74.5 Å². The van der Waals surface area contributed by atoms with Crippen molar-refractivity contribution < 1.29 is 28.8 Å². The van der Waals surface area contributed by atoms with E-state index in [2.05, 4.69) is 0 Å². The molecule has 2 aliphatic rings. The minimum atomic E-state index is -1.18. The van der Waals surface area contributed by atoms with E-state index in [9.17, 15) is 5.11 Å². The Hall–Kier alpha value is -2.38. The Bertz CT molecular complexity index is 848. The summed E-state index contributed by atoms with van der Waals surface area (Å²) >= 11 is 0. The highest BCUT2D eigenvalue weighted by Gasteiger charge is 2.56. The maximum Gasteiger partial charge on any atom is 0.225 e. The van der Waals surface area contributed by atoms with Crippen molar-refractivity contribution in [2.45, 2.75) is 44.7 Å². The van der Waals surface area contributed by atoms with Crippen LogP contribution in [-0.4, -0.2) is 36.0 Å². The van der Waals surface area contributed by atoms with Crippen LogP contribution >= 0.6 is 0 Å². The molecule has 0 unspecified atom stereocenters. The highest BCUT2D eigenvalue weighted by Crippen LogP contribution is 2.46. The number of aliphatic hydroxyl groups excluding tert-OH is 1. The number of hydrogen-bond donors (Lipinski definition) is 1. The van der Waals surface area contributed by atoms with Crippen molar-refractivity contribution in [3.8, 4) is 0 Å². The average Bonchev–Trinajstić information content (AvgIpc) is 3.17. The summed E-state index contributed by atoms with van der Waals surface area (Å²) in [4.78, 5) is 0. The number of rotatable bonds is 8. The molecule has 1 fully saturated rings. The zero-order valence-corrected chi connectivity index (χ0v) is 16.7. The van der Waals surface area contributed by atoms with Gasteiger partial charge < -0.3 is 28.8 Å². The molecular formula is C23H26O6. The lowest BCUT2D eigenvalue weighted by Gasteiger charge is -2.31. The van der Waals surface area contributed by atoms with Gasteiger partial charge in [-0.25, -0.2) is 0 Å². The SMILES string of the molecule is CC1(C)OC2=C(OCc3ccccc3)[C@@](CO)(COCc3ccccc3)O[C@@H]2O1. The Morgan fingerprint density at radius 3 is 2.14 bits per heavy atom. The lowest BCUT2D eigenvalue weighted by atomic mass is 10.0. The second-order valence-electron chi connectivity index (χ2n) is 7.67. The third-order valence-corrected chi connectivity index (χ3v) is 4.86. The van der Waals surface area contributed by atoms with Crippen molar-refractivity contribution in [3.63, 3.8) is 0 Å². The Balaban J connectivity index is 1.53. The lowest BCUT2D eigenvalue weighted by molar-refractivity contribution is -0.239. The largest absolute Gasteiger partial charge is 0.486 e. The summed E-state index contributed by atoms with van der Waals surface area (Å²) in [6, 6.07) is 19.6. The van der Waals surface area contributed by atoms with E-state index in [0.717, 1.165) is 11.1 Å². The highest BCUT2D eigenvalue weighted by molar-refractivity contribution is 5.26. The number of hydrogen-bond acceptors (Lipinski definition) is 6. The molecule has 2 atom stereocenters.